The summed E-state index contributed by atoms with van der Waals surface area (Å²) in [4.78, 5) is 12.2. The molecule has 18 heavy (non-hydrogen) atoms. The Labute approximate surface area is 114 Å². The van der Waals surface area contributed by atoms with E-state index in [9.17, 15) is 4.79 Å². The third-order valence-corrected chi connectivity index (χ3v) is 3.28. The van der Waals surface area contributed by atoms with Gasteiger partial charge < -0.3 is 4.74 Å². The number of ether oxygens (including phenoxy) is 1. The smallest absolute Gasteiger partial charge is 0.352 e. The zero-order valence-electron chi connectivity index (χ0n) is 9.96. The minimum absolute atomic E-state index is 0.152. The standard InChI is InChI=1S/C11H12ClN3O2S/c1-13-11(18)15(10(16)14(13)7-17-2)9-5-3-8(12)4-6-9/h3-6H,7H2,1-2H3. The van der Waals surface area contributed by atoms with Crippen LogP contribution in [-0.2, 0) is 18.5 Å². The van der Waals surface area contributed by atoms with Crippen LogP contribution in [0.3, 0.4) is 0 Å². The second-order valence-corrected chi connectivity index (χ2v) is 4.52. The van der Waals surface area contributed by atoms with E-state index in [1.165, 1.54) is 16.4 Å². The van der Waals surface area contributed by atoms with Crippen LogP contribution in [0.15, 0.2) is 29.1 Å². The van der Waals surface area contributed by atoms with Gasteiger partial charge in [-0.2, -0.15) is 0 Å². The van der Waals surface area contributed by atoms with Gasteiger partial charge in [-0.05, 0) is 36.5 Å². The Kier molecular flexibility index (Phi) is 3.70. The number of halogens is 1. The van der Waals surface area contributed by atoms with Crippen molar-refractivity contribution < 1.29 is 4.74 Å². The second kappa shape index (κ2) is 5.09. The van der Waals surface area contributed by atoms with Crippen molar-refractivity contribution in [2.24, 2.45) is 7.05 Å². The molecule has 0 bridgehead atoms. The van der Waals surface area contributed by atoms with Crippen LogP contribution < -0.4 is 5.69 Å². The molecule has 0 aliphatic heterocycles. The maximum Gasteiger partial charge on any atom is 0.352 e. The van der Waals surface area contributed by atoms with E-state index in [2.05, 4.69) is 0 Å². The van der Waals surface area contributed by atoms with Crippen molar-refractivity contribution in [1.29, 1.82) is 0 Å². The Morgan fingerprint density at radius 3 is 2.50 bits per heavy atom. The lowest BCUT2D eigenvalue weighted by Gasteiger charge is -2.01. The zero-order chi connectivity index (χ0) is 13.3. The SMILES string of the molecule is COCn1c(=O)n(-c2ccc(Cl)cc2)c(=S)n1C. The van der Waals surface area contributed by atoms with E-state index < -0.39 is 0 Å². The fourth-order valence-corrected chi connectivity index (χ4v) is 2.06. The molecule has 5 nitrogen and oxygen atoms in total. The third kappa shape index (κ3) is 2.14. The van der Waals surface area contributed by atoms with E-state index >= 15 is 0 Å². The van der Waals surface area contributed by atoms with Crippen LogP contribution in [0.4, 0.5) is 0 Å². The summed E-state index contributed by atoms with van der Waals surface area (Å²) in [6, 6.07) is 6.92. The van der Waals surface area contributed by atoms with Crippen molar-refractivity contribution >= 4 is 23.8 Å². The molecule has 2 rings (SSSR count). The molecule has 1 heterocycles. The van der Waals surface area contributed by atoms with E-state index in [1.807, 2.05) is 0 Å². The van der Waals surface area contributed by atoms with Gasteiger partial charge in [0.25, 0.3) is 0 Å². The van der Waals surface area contributed by atoms with Crippen LogP contribution in [0.25, 0.3) is 5.69 Å². The third-order valence-electron chi connectivity index (χ3n) is 2.58. The lowest BCUT2D eigenvalue weighted by atomic mass is 10.3. The Morgan fingerprint density at radius 2 is 1.94 bits per heavy atom. The lowest BCUT2D eigenvalue weighted by Crippen LogP contribution is -2.26. The molecule has 0 saturated heterocycles. The summed E-state index contributed by atoms with van der Waals surface area (Å²) in [5.74, 6) is 0. The molecule has 0 amide bonds. The molecule has 0 saturated carbocycles. The molecule has 2 aromatic rings. The minimum Gasteiger partial charge on any atom is -0.362 e. The number of hydrogen-bond acceptors (Lipinski definition) is 3. The van der Waals surface area contributed by atoms with Crippen molar-refractivity contribution in [3.05, 3.63) is 44.5 Å². The highest BCUT2D eigenvalue weighted by molar-refractivity contribution is 7.71. The van der Waals surface area contributed by atoms with Crippen LogP contribution in [0.2, 0.25) is 5.02 Å². The van der Waals surface area contributed by atoms with Crippen molar-refractivity contribution in [3.8, 4) is 5.69 Å². The molecule has 0 spiro atoms. The van der Waals surface area contributed by atoms with Gasteiger partial charge in [0.2, 0.25) is 4.77 Å². The van der Waals surface area contributed by atoms with Gasteiger partial charge in [0.15, 0.2) is 0 Å². The predicted molar refractivity (Wildman–Crippen MR) is 71.9 cm³/mol. The summed E-state index contributed by atoms with van der Waals surface area (Å²) in [6.45, 7) is 0.152. The summed E-state index contributed by atoms with van der Waals surface area (Å²) < 4.78 is 9.80. The number of methoxy groups -OCH3 is 1. The molecule has 0 N–H and O–H groups in total. The predicted octanol–water partition coefficient (Wildman–Crippen LogP) is 1.96. The lowest BCUT2D eigenvalue weighted by molar-refractivity contribution is 0.107. The van der Waals surface area contributed by atoms with Crippen LogP contribution in [0, 0.1) is 4.77 Å². The number of nitrogens with zero attached hydrogens (tertiary/aromatic N) is 3. The fraction of sp³-hybridized carbons (Fsp3) is 0.273. The Morgan fingerprint density at radius 1 is 1.33 bits per heavy atom. The number of hydrogen-bond donors (Lipinski definition) is 0. The van der Waals surface area contributed by atoms with Gasteiger partial charge in [0.05, 0.1) is 5.69 Å². The van der Waals surface area contributed by atoms with Crippen molar-refractivity contribution in [1.82, 2.24) is 13.9 Å². The van der Waals surface area contributed by atoms with Gasteiger partial charge in [-0.15, -0.1) is 0 Å². The summed E-state index contributed by atoms with van der Waals surface area (Å²) in [7, 11) is 3.24. The van der Waals surface area contributed by atoms with Gasteiger partial charge in [0.1, 0.15) is 6.73 Å². The van der Waals surface area contributed by atoms with Crippen LogP contribution in [-0.4, -0.2) is 21.0 Å². The van der Waals surface area contributed by atoms with E-state index in [0.29, 0.717) is 15.5 Å². The van der Waals surface area contributed by atoms with Crippen molar-refractivity contribution in [2.45, 2.75) is 6.73 Å². The molecule has 0 aliphatic carbocycles. The first kappa shape index (κ1) is 13.1. The highest BCUT2D eigenvalue weighted by Crippen LogP contribution is 2.12. The molecule has 0 aliphatic rings. The first-order valence-electron chi connectivity index (χ1n) is 5.20. The molecule has 1 aromatic heterocycles. The average Bonchev–Trinajstić information content (AvgIpc) is 2.56. The molecule has 1 aromatic carbocycles. The number of benzene rings is 1. The Bertz CT molecular complexity index is 669. The number of rotatable bonds is 3. The zero-order valence-corrected chi connectivity index (χ0v) is 11.5. The molecule has 0 atom stereocenters. The summed E-state index contributed by atoms with van der Waals surface area (Å²) >= 11 is 11.1. The largest absolute Gasteiger partial charge is 0.362 e. The maximum atomic E-state index is 12.2. The minimum atomic E-state index is -0.244. The Hall–Kier alpha value is -1.37. The molecule has 0 radical (unpaired) electrons. The second-order valence-electron chi connectivity index (χ2n) is 3.72. The molecular formula is C11H12ClN3O2S. The van der Waals surface area contributed by atoms with Crippen molar-refractivity contribution in [2.75, 3.05) is 7.11 Å². The normalized spacial score (nSPS) is 10.8. The fourth-order valence-electron chi connectivity index (χ4n) is 1.65. The molecule has 96 valence electrons. The highest BCUT2D eigenvalue weighted by Gasteiger charge is 2.11. The van der Waals surface area contributed by atoms with Gasteiger partial charge in [-0.1, -0.05) is 11.6 Å². The van der Waals surface area contributed by atoms with Crippen LogP contribution >= 0.6 is 23.8 Å². The van der Waals surface area contributed by atoms with Crippen LogP contribution in [0.1, 0.15) is 0 Å². The number of aromatic nitrogens is 3. The van der Waals surface area contributed by atoms with E-state index in [0.717, 1.165) is 0 Å². The van der Waals surface area contributed by atoms with E-state index in [4.69, 9.17) is 28.6 Å². The topological polar surface area (TPSA) is 41.1 Å². The van der Waals surface area contributed by atoms with Gasteiger partial charge in [-0.25, -0.2) is 14.0 Å². The monoisotopic (exact) mass is 285 g/mol. The first-order chi connectivity index (χ1) is 8.56. The molecule has 0 fully saturated rings. The van der Waals surface area contributed by atoms with E-state index in [1.54, 1.807) is 36.0 Å². The molecule has 7 heteroatoms. The molecule has 0 unspecified atom stereocenters. The average molecular weight is 286 g/mol. The first-order valence-corrected chi connectivity index (χ1v) is 5.98. The van der Waals surface area contributed by atoms with Crippen molar-refractivity contribution in [3.63, 3.8) is 0 Å². The molecular weight excluding hydrogens is 274 g/mol. The quantitative estimate of drug-likeness (QED) is 0.810. The van der Waals surface area contributed by atoms with Gasteiger partial charge in [-0.3, -0.25) is 4.68 Å². The van der Waals surface area contributed by atoms with Gasteiger partial charge >= 0.3 is 5.69 Å². The summed E-state index contributed by atoms with van der Waals surface area (Å²) in [5.41, 5.74) is 0.437. The summed E-state index contributed by atoms with van der Waals surface area (Å²) in [5, 5.41) is 0.610. The highest BCUT2D eigenvalue weighted by atomic mass is 35.5. The summed E-state index contributed by atoms with van der Waals surface area (Å²) in [6.07, 6.45) is 0. The van der Waals surface area contributed by atoms with Gasteiger partial charge in [0, 0.05) is 19.2 Å². The Balaban J connectivity index is 2.65. The van der Waals surface area contributed by atoms with Crippen LogP contribution in [0.5, 0.6) is 0 Å². The maximum absolute atomic E-state index is 12.2. The van der Waals surface area contributed by atoms with E-state index in [-0.39, 0.29) is 12.4 Å².